The van der Waals surface area contributed by atoms with Gasteiger partial charge in [-0.05, 0) is 12.8 Å². The molecule has 0 saturated carbocycles. The maximum Gasteiger partial charge on any atom is 0.305 e. The van der Waals surface area contributed by atoms with Crippen molar-refractivity contribution >= 4 is 11.9 Å². The summed E-state index contributed by atoms with van der Waals surface area (Å²) < 4.78 is 11.7. The van der Waals surface area contributed by atoms with Crippen molar-refractivity contribution in [2.75, 3.05) is 40.4 Å². The smallest absolute Gasteiger partial charge is 0.305 e. The van der Waals surface area contributed by atoms with Crippen molar-refractivity contribution < 1.29 is 36.0 Å². The molecule has 5 nitrogen and oxygen atoms in total. The highest BCUT2D eigenvalue weighted by Gasteiger charge is 2.17. The van der Waals surface area contributed by atoms with Crippen molar-refractivity contribution in [1.82, 2.24) is 0 Å². The van der Waals surface area contributed by atoms with Crippen molar-refractivity contribution in [2.24, 2.45) is 0 Å². The molecule has 0 saturated heterocycles. The Morgan fingerprint density at radius 1 is 0.375 bits per heavy atom. The second-order valence-electron chi connectivity index (χ2n) is 15.2. The molecule has 0 unspecified atom stereocenters. The van der Waals surface area contributed by atoms with Crippen LogP contribution in [0, 0.1) is 0 Å². The van der Waals surface area contributed by atoms with E-state index in [-0.39, 0.29) is 24.3 Å². The molecule has 0 atom stereocenters. The Labute approximate surface area is 306 Å². The van der Waals surface area contributed by atoms with Crippen LogP contribution in [-0.4, -0.2) is 56.8 Å². The van der Waals surface area contributed by atoms with E-state index in [0.29, 0.717) is 30.5 Å². The van der Waals surface area contributed by atoms with Gasteiger partial charge in [-0.25, -0.2) is 0 Å². The topological polar surface area (TPSA) is 52.6 Å². The maximum absolute atomic E-state index is 12.1. The number of esters is 2. The molecule has 0 spiro atoms. The minimum absolute atomic E-state index is 0. The van der Waals surface area contributed by atoms with E-state index < -0.39 is 0 Å². The Kier molecular flexibility index (Phi) is 40.0. The Bertz CT molecular complexity index is 618. The minimum Gasteiger partial charge on any atom is -1.00 e. The predicted molar refractivity (Wildman–Crippen MR) is 203 cm³/mol. The van der Waals surface area contributed by atoms with E-state index in [1.807, 2.05) is 0 Å². The van der Waals surface area contributed by atoms with E-state index in [1.54, 1.807) is 0 Å². The van der Waals surface area contributed by atoms with E-state index in [0.717, 1.165) is 38.8 Å². The summed E-state index contributed by atoms with van der Waals surface area (Å²) in [6.45, 7) is 6.89. The average Bonchev–Trinajstić information content (AvgIpc) is 3.04. The van der Waals surface area contributed by atoms with E-state index >= 15 is 0 Å². The van der Waals surface area contributed by atoms with Crippen LogP contribution in [0.2, 0.25) is 0 Å². The van der Waals surface area contributed by atoms with Crippen LogP contribution in [-0.2, 0) is 19.1 Å². The van der Waals surface area contributed by atoms with E-state index in [4.69, 9.17) is 9.47 Å². The fourth-order valence-corrected chi connectivity index (χ4v) is 6.35. The molecule has 0 amide bonds. The van der Waals surface area contributed by atoms with Gasteiger partial charge in [0.2, 0.25) is 0 Å². The van der Waals surface area contributed by atoms with Crippen molar-refractivity contribution in [1.29, 1.82) is 0 Å². The van der Waals surface area contributed by atoms with Crippen LogP contribution < -0.4 is 12.4 Å². The van der Waals surface area contributed by atoms with Crippen molar-refractivity contribution in [2.45, 2.75) is 219 Å². The number of rotatable bonds is 38. The number of unbranched alkanes of at least 4 members (excludes halogenated alkanes) is 28. The van der Waals surface area contributed by atoms with Crippen LogP contribution in [0.15, 0.2) is 0 Å². The van der Waals surface area contributed by atoms with Crippen molar-refractivity contribution in [3.05, 3.63) is 0 Å². The van der Waals surface area contributed by atoms with E-state index in [1.165, 1.54) is 167 Å². The molecule has 0 bridgehead atoms. The number of halogens is 1. The van der Waals surface area contributed by atoms with Crippen LogP contribution in [0.3, 0.4) is 0 Å². The lowest BCUT2D eigenvalue weighted by molar-refractivity contribution is -0.890. The standard InChI is InChI=1S/C42H84NO4.ClH/c1-5-7-9-11-13-15-17-19-21-23-25-27-29-31-33-35-41(44)46-39-37-43(3,4)38-40-47-42(45)36-34-32-30-28-26-24-22-20-18-16-14-12-10-8-6-2;/h5-40H2,1-4H3;1H/q+1;/p-1. The van der Waals surface area contributed by atoms with Gasteiger partial charge in [-0.3, -0.25) is 9.59 Å². The first-order valence-corrected chi connectivity index (χ1v) is 21.0. The average molecular weight is 703 g/mol. The van der Waals surface area contributed by atoms with Crippen molar-refractivity contribution in [3.63, 3.8) is 0 Å². The normalized spacial score (nSPS) is 11.4. The lowest BCUT2D eigenvalue weighted by atomic mass is 10.0. The first kappa shape index (κ1) is 49.3. The van der Waals surface area contributed by atoms with Gasteiger partial charge in [0, 0.05) is 12.8 Å². The largest absolute Gasteiger partial charge is 1.00 e. The Morgan fingerprint density at radius 3 is 0.812 bits per heavy atom. The zero-order valence-electron chi connectivity index (χ0n) is 32.9. The molecular weight excluding hydrogens is 618 g/mol. The SMILES string of the molecule is CCCCCCCCCCCCCCCCCC(=O)OCC[N+](C)(C)CCOC(=O)CCCCCCCCCCCCCCCCC.[Cl-]. The summed E-state index contributed by atoms with van der Waals surface area (Å²) >= 11 is 0. The summed E-state index contributed by atoms with van der Waals surface area (Å²) in [6, 6.07) is 0. The van der Waals surface area contributed by atoms with Crippen LogP contribution in [0.5, 0.6) is 0 Å². The summed E-state index contributed by atoms with van der Waals surface area (Å²) in [5.74, 6) is -0.149. The monoisotopic (exact) mass is 702 g/mol. The molecular formula is C42H84ClNO4. The number of nitrogens with zero attached hydrogens (tertiary/aromatic N) is 1. The zero-order chi connectivity index (χ0) is 34.5. The van der Waals surface area contributed by atoms with Gasteiger partial charge in [-0.2, -0.15) is 0 Å². The number of hydrogen-bond acceptors (Lipinski definition) is 4. The molecule has 288 valence electrons. The Balaban J connectivity index is 0. The molecule has 0 aromatic rings. The Morgan fingerprint density at radius 2 is 0.583 bits per heavy atom. The van der Waals surface area contributed by atoms with Gasteiger partial charge in [-0.15, -0.1) is 0 Å². The fourth-order valence-electron chi connectivity index (χ4n) is 6.35. The fraction of sp³-hybridized carbons (Fsp3) is 0.952. The van der Waals surface area contributed by atoms with Crippen molar-refractivity contribution in [3.8, 4) is 0 Å². The third kappa shape index (κ3) is 39.6. The molecule has 0 rings (SSSR count). The second-order valence-corrected chi connectivity index (χ2v) is 15.2. The number of hydrogen-bond donors (Lipinski definition) is 0. The molecule has 6 heteroatoms. The third-order valence-electron chi connectivity index (χ3n) is 9.89. The van der Waals surface area contributed by atoms with Gasteiger partial charge in [0.25, 0.3) is 0 Å². The van der Waals surface area contributed by atoms with Gasteiger partial charge in [-0.1, -0.05) is 194 Å². The summed E-state index contributed by atoms with van der Waals surface area (Å²) in [6.07, 6.45) is 40.9. The molecule has 0 aromatic carbocycles. The lowest BCUT2D eigenvalue weighted by Crippen LogP contribution is -3.00. The number of likely N-dealkylation sites (N-methyl/N-ethyl adjacent to an activating group) is 1. The van der Waals surface area contributed by atoms with Gasteiger partial charge >= 0.3 is 11.9 Å². The molecule has 0 aliphatic rings. The molecule has 0 radical (unpaired) electrons. The highest BCUT2D eigenvalue weighted by Crippen LogP contribution is 2.15. The number of ether oxygens (including phenoxy) is 2. The molecule has 0 heterocycles. The molecule has 48 heavy (non-hydrogen) atoms. The predicted octanol–water partition coefficient (Wildman–Crippen LogP) is 9.68. The summed E-state index contributed by atoms with van der Waals surface area (Å²) in [5.41, 5.74) is 0. The minimum atomic E-state index is -0.0744. The number of carbonyl (C=O) groups is 2. The third-order valence-corrected chi connectivity index (χ3v) is 9.89. The first-order chi connectivity index (χ1) is 22.9. The Hall–Kier alpha value is -0.810. The van der Waals surface area contributed by atoms with Gasteiger partial charge in [0.1, 0.15) is 26.3 Å². The first-order valence-electron chi connectivity index (χ1n) is 21.0. The summed E-state index contributed by atoms with van der Waals surface area (Å²) in [4.78, 5) is 24.3. The highest BCUT2D eigenvalue weighted by atomic mass is 35.5. The highest BCUT2D eigenvalue weighted by molar-refractivity contribution is 5.69. The molecule has 0 aliphatic heterocycles. The van der Waals surface area contributed by atoms with Gasteiger partial charge in [0.05, 0.1) is 14.1 Å². The lowest BCUT2D eigenvalue weighted by Gasteiger charge is -2.29. The number of carbonyl (C=O) groups excluding carboxylic acids is 2. The quantitative estimate of drug-likeness (QED) is 0.0366. The molecule has 0 aliphatic carbocycles. The van der Waals surface area contributed by atoms with Crippen LogP contribution in [0.1, 0.15) is 219 Å². The van der Waals surface area contributed by atoms with Crippen LogP contribution in [0.4, 0.5) is 0 Å². The maximum atomic E-state index is 12.1. The zero-order valence-corrected chi connectivity index (χ0v) is 33.7. The van der Waals surface area contributed by atoms with Gasteiger partial charge < -0.3 is 26.4 Å². The van der Waals surface area contributed by atoms with Crippen LogP contribution in [0.25, 0.3) is 0 Å². The number of quaternary nitrogens is 1. The van der Waals surface area contributed by atoms with E-state index in [2.05, 4.69) is 27.9 Å². The molecule has 0 N–H and O–H groups in total. The van der Waals surface area contributed by atoms with Gasteiger partial charge in [0.15, 0.2) is 0 Å². The summed E-state index contributed by atoms with van der Waals surface area (Å²) in [5, 5.41) is 0. The second kappa shape index (κ2) is 39.0. The molecule has 0 fully saturated rings. The van der Waals surface area contributed by atoms with Crippen LogP contribution >= 0.6 is 0 Å². The molecule has 0 aromatic heterocycles. The summed E-state index contributed by atoms with van der Waals surface area (Å²) in [7, 11) is 4.20. The van der Waals surface area contributed by atoms with E-state index in [9.17, 15) is 9.59 Å².